The minimum absolute atomic E-state index is 0.0268. The summed E-state index contributed by atoms with van der Waals surface area (Å²) >= 11 is 3.19. The first kappa shape index (κ1) is 20.1. The van der Waals surface area contributed by atoms with Gasteiger partial charge in [-0.25, -0.2) is 9.78 Å². The average Bonchev–Trinajstić information content (AvgIpc) is 2.54. The first-order valence-electron chi connectivity index (χ1n) is 8.41. The van der Waals surface area contributed by atoms with Crippen LogP contribution in [0.1, 0.15) is 49.7 Å². The maximum Gasteiger partial charge on any atom is 0.330 e. The van der Waals surface area contributed by atoms with Crippen LogP contribution in [0.4, 0.5) is 0 Å². The number of pyridine rings is 1. The van der Waals surface area contributed by atoms with E-state index >= 15 is 0 Å². The summed E-state index contributed by atoms with van der Waals surface area (Å²) in [6.07, 6.45) is 0. The molecule has 7 nitrogen and oxygen atoms in total. The van der Waals surface area contributed by atoms with Gasteiger partial charge >= 0.3 is 5.69 Å². The van der Waals surface area contributed by atoms with Gasteiger partial charge in [-0.3, -0.25) is 19.1 Å². The number of nitrogens with one attached hydrogen (secondary N) is 2. The van der Waals surface area contributed by atoms with Crippen molar-refractivity contribution in [2.24, 2.45) is 5.92 Å². The van der Waals surface area contributed by atoms with Gasteiger partial charge in [0.25, 0.3) is 11.5 Å². The molecular weight excluding hydrogens is 400 g/mol. The second-order valence-corrected chi connectivity index (χ2v) is 8.03. The van der Waals surface area contributed by atoms with Crippen molar-refractivity contribution >= 4 is 32.9 Å². The van der Waals surface area contributed by atoms with E-state index < -0.39 is 17.2 Å². The van der Waals surface area contributed by atoms with Crippen LogP contribution in [0.25, 0.3) is 11.0 Å². The van der Waals surface area contributed by atoms with E-state index in [0.717, 1.165) is 0 Å². The standard InChI is InChI=1S/C18H23BrN4O3/c1-9(2)8-23-15-14(17(25)22-18(23)26)12(6-13(21-15)10(3)4)16(24)20-7-11(5)19/h6,9-10H,5,7-8H2,1-4H3,(H,20,24)(H,22,25,26). The molecule has 0 bridgehead atoms. The van der Waals surface area contributed by atoms with E-state index in [9.17, 15) is 14.4 Å². The zero-order valence-corrected chi connectivity index (χ0v) is 16.9. The topological polar surface area (TPSA) is 96.8 Å². The zero-order valence-electron chi connectivity index (χ0n) is 15.4. The number of hydrogen-bond acceptors (Lipinski definition) is 4. The Kier molecular flexibility index (Phi) is 6.17. The van der Waals surface area contributed by atoms with Gasteiger partial charge in [-0.2, -0.15) is 0 Å². The van der Waals surface area contributed by atoms with E-state index in [1.54, 1.807) is 6.07 Å². The van der Waals surface area contributed by atoms with E-state index in [2.05, 4.69) is 37.8 Å². The van der Waals surface area contributed by atoms with Gasteiger partial charge < -0.3 is 5.32 Å². The molecular formula is C18H23BrN4O3. The molecule has 0 saturated heterocycles. The third-order valence-corrected chi connectivity index (χ3v) is 4.07. The van der Waals surface area contributed by atoms with Gasteiger partial charge in [-0.15, -0.1) is 0 Å². The summed E-state index contributed by atoms with van der Waals surface area (Å²) in [5.41, 5.74) is -0.0593. The van der Waals surface area contributed by atoms with E-state index in [1.165, 1.54) is 4.57 Å². The summed E-state index contributed by atoms with van der Waals surface area (Å²) in [5, 5.41) is 2.82. The number of hydrogen-bond donors (Lipinski definition) is 2. The Hall–Kier alpha value is -2.22. The molecule has 0 spiro atoms. The lowest BCUT2D eigenvalue weighted by molar-refractivity contribution is 0.0959. The monoisotopic (exact) mass is 422 g/mol. The van der Waals surface area contributed by atoms with Gasteiger partial charge in [-0.05, 0) is 17.9 Å². The van der Waals surface area contributed by atoms with Crippen molar-refractivity contribution in [2.45, 2.75) is 40.2 Å². The summed E-state index contributed by atoms with van der Waals surface area (Å²) in [7, 11) is 0. The second-order valence-electron chi connectivity index (χ2n) is 6.91. The molecule has 0 aliphatic rings. The van der Waals surface area contributed by atoms with E-state index in [0.29, 0.717) is 16.7 Å². The zero-order chi connectivity index (χ0) is 19.6. The van der Waals surface area contributed by atoms with Gasteiger partial charge in [0.05, 0.1) is 10.9 Å². The number of aromatic amines is 1. The lowest BCUT2D eigenvalue weighted by Crippen LogP contribution is -2.34. The van der Waals surface area contributed by atoms with Gasteiger partial charge in [0.15, 0.2) is 5.65 Å². The third kappa shape index (κ3) is 4.30. The van der Waals surface area contributed by atoms with Gasteiger partial charge in [0.1, 0.15) is 0 Å². The fraction of sp³-hybridized carbons (Fsp3) is 0.444. The average molecular weight is 423 g/mol. The lowest BCUT2D eigenvalue weighted by Gasteiger charge is -2.15. The Morgan fingerprint density at radius 1 is 1.35 bits per heavy atom. The number of halogens is 1. The number of amides is 1. The third-order valence-electron chi connectivity index (χ3n) is 3.79. The largest absolute Gasteiger partial charge is 0.347 e. The number of carbonyl (C=O) groups excluding carboxylic acids is 1. The van der Waals surface area contributed by atoms with Crippen molar-refractivity contribution in [3.8, 4) is 0 Å². The molecule has 2 heterocycles. The maximum atomic E-state index is 12.7. The van der Waals surface area contributed by atoms with E-state index in [-0.39, 0.29) is 35.0 Å². The maximum absolute atomic E-state index is 12.7. The Labute approximate surface area is 159 Å². The molecule has 26 heavy (non-hydrogen) atoms. The van der Waals surface area contributed by atoms with Crippen LogP contribution in [0, 0.1) is 5.92 Å². The molecule has 0 aromatic carbocycles. The minimum Gasteiger partial charge on any atom is -0.347 e. The molecule has 2 N–H and O–H groups in total. The molecule has 0 atom stereocenters. The van der Waals surface area contributed by atoms with Crippen molar-refractivity contribution in [3.63, 3.8) is 0 Å². The Bertz CT molecular complexity index is 973. The molecule has 0 saturated carbocycles. The highest BCUT2D eigenvalue weighted by molar-refractivity contribution is 9.11. The summed E-state index contributed by atoms with van der Waals surface area (Å²) in [4.78, 5) is 44.3. The predicted octanol–water partition coefficient (Wildman–Crippen LogP) is 2.50. The number of H-pyrrole nitrogens is 1. The van der Waals surface area contributed by atoms with E-state index in [1.807, 2.05) is 27.7 Å². The highest BCUT2D eigenvalue weighted by Gasteiger charge is 2.20. The normalized spacial score (nSPS) is 11.3. The molecule has 0 aliphatic heterocycles. The van der Waals surface area contributed by atoms with Crippen LogP contribution < -0.4 is 16.6 Å². The van der Waals surface area contributed by atoms with Gasteiger partial charge in [-0.1, -0.05) is 50.2 Å². The van der Waals surface area contributed by atoms with Crippen molar-refractivity contribution in [3.05, 3.63) is 49.2 Å². The Balaban J connectivity index is 2.82. The van der Waals surface area contributed by atoms with Crippen LogP contribution in [0.2, 0.25) is 0 Å². The van der Waals surface area contributed by atoms with Crippen LogP contribution in [-0.2, 0) is 6.54 Å². The minimum atomic E-state index is -0.615. The van der Waals surface area contributed by atoms with Crippen molar-refractivity contribution < 1.29 is 4.79 Å². The molecule has 2 rings (SSSR count). The van der Waals surface area contributed by atoms with Crippen molar-refractivity contribution in [1.29, 1.82) is 0 Å². The fourth-order valence-electron chi connectivity index (χ4n) is 2.57. The first-order valence-corrected chi connectivity index (χ1v) is 9.20. The predicted molar refractivity (Wildman–Crippen MR) is 106 cm³/mol. The number of carbonyl (C=O) groups is 1. The Morgan fingerprint density at radius 3 is 2.54 bits per heavy atom. The Morgan fingerprint density at radius 2 is 2.00 bits per heavy atom. The van der Waals surface area contributed by atoms with Crippen LogP contribution in [0.3, 0.4) is 0 Å². The lowest BCUT2D eigenvalue weighted by atomic mass is 10.0. The summed E-state index contributed by atoms with van der Waals surface area (Å²) in [5.74, 6) is -0.223. The molecule has 1 amide bonds. The number of aromatic nitrogens is 3. The van der Waals surface area contributed by atoms with Crippen molar-refractivity contribution in [2.75, 3.05) is 6.54 Å². The molecule has 140 valence electrons. The first-order chi connectivity index (χ1) is 12.1. The SMILES string of the molecule is C=C(Br)CNC(=O)c1cc(C(C)C)nc2c1c(=O)[nH]c(=O)n2CC(C)C. The fourth-order valence-corrected chi connectivity index (χ4v) is 2.71. The van der Waals surface area contributed by atoms with Crippen LogP contribution in [0.15, 0.2) is 26.7 Å². The second kappa shape index (κ2) is 7.99. The van der Waals surface area contributed by atoms with Crippen LogP contribution >= 0.6 is 15.9 Å². The number of nitrogens with zero attached hydrogens (tertiary/aromatic N) is 2. The van der Waals surface area contributed by atoms with Gasteiger partial charge in [0.2, 0.25) is 0 Å². The van der Waals surface area contributed by atoms with Crippen LogP contribution in [0.5, 0.6) is 0 Å². The quantitative estimate of drug-likeness (QED) is 0.746. The molecule has 0 unspecified atom stereocenters. The molecule has 0 fully saturated rings. The summed E-state index contributed by atoms with van der Waals surface area (Å²) < 4.78 is 2.03. The number of fused-ring (bicyclic) bond motifs is 1. The highest BCUT2D eigenvalue weighted by atomic mass is 79.9. The molecule has 2 aromatic heterocycles. The van der Waals surface area contributed by atoms with E-state index in [4.69, 9.17) is 0 Å². The molecule has 0 aliphatic carbocycles. The smallest absolute Gasteiger partial charge is 0.330 e. The highest BCUT2D eigenvalue weighted by Crippen LogP contribution is 2.20. The number of rotatable bonds is 6. The summed E-state index contributed by atoms with van der Waals surface area (Å²) in [6.45, 7) is 12.1. The van der Waals surface area contributed by atoms with Crippen molar-refractivity contribution in [1.82, 2.24) is 19.9 Å². The van der Waals surface area contributed by atoms with Gasteiger partial charge in [0, 0.05) is 23.3 Å². The summed E-state index contributed by atoms with van der Waals surface area (Å²) in [6, 6.07) is 1.61. The molecule has 0 radical (unpaired) electrons. The molecule has 2 aromatic rings. The van der Waals surface area contributed by atoms with Crippen LogP contribution in [-0.4, -0.2) is 27.0 Å². The molecule has 8 heteroatoms.